The molecule has 8 nitrogen and oxygen atoms in total. The van der Waals surface area contributed by atoms with E-state index in [1.807, 2.05) is 88.9 Å². The fourth-order valence-electron chi connectivity index (χ4n) is 5.23. The van der Waals surface area contributed by atoms with E-state index in [0.29, 0.717) is 24.7 Å². The summed E-state index contributed by atoms with van der Waals surface area (Å²) in [6.45, 7) is 13.0. The average molecular weight is 638 g/mol. The van der Waals surface area contributed by atoms with Crippen molar-refractivity contribution in [2.45, 2.75) is 70.8 Å². The Morgan fingerprint density at radius 1 is 1.09 bits per heavy atom. The van der Waals surface area contributed by atoms with E-state index in [0.717, 1.165) is 46.3 Å². The Morgan fingerprint density at radius 3 is 2.47 bits per heavy atom. The molecule has 0 saturated carbocycles. The van der Waals surface area contributed by atoms with Gasteiger partial charge in [0.05, 0.1) is 29.5 Å². The molecule has 2 aromatic heterocycles. The highest BCUT2D eigenvalue weighted by Gasteiger charge is 2.48. The number of likely N-dealkylation sites (tertiary alicyclic amines) is 1. The van der Waals surface area contributed by atoms with E-state index in [1.165, 1.54) is 0 Å². The number of imidazole rings is 2. The molecule has 5 rings (SSSR count). The molecule has 0 aliphatic carbocycles. The normalized spacial score (nSPS) is 18.6. The minimum absolute atomic E-state index is 0.0212. The molecule has 0 spiro atoms. The summed E-state index contributed by atoms with van der Waals surface area (Å²) >= 11 is 5.04. The number of fused-ring (bicyclic) bond motifs is 1. The summed E-state index contributed by atoms with van der Waals surface area (Å²) in [6.07, 6.45) is 3.36. The Bertz CT molecular complexity index is 1760. The first kappa shape index (κ1) is 32.6. The lowest BCUT2D eigenvalue weighted by Gasteiger charge is -2.39. The average Bonchev–Trinajstić information content (AvgIpc) is 3.76. The number of hydrogen-bond donors (Lipinski definition) is 4. The highest BCUT2D eigenvalue weighted by molar-refractivity contribution is 7.81. The van der Waals surface area contributed by atoms with Crippen molar-refractivity contribution in [3.8, 4) is 23.1 Å². The molecule has 0 bridgehead atoms. The summed E-state index contributed by atoms with van der Waals surface area (Å²) in [7, 11) is 3.73. The smallest absolute Gasteiger partial charge is 0.226 e. The number of hydrogen-bond acceptors (Lipinski definition) is 5. The number of rotatable bonds is 8. The van der Waals surface area contributed by atoms with Crippen LogP contribution in [-0.4, -0.2) is 53.4 Å². The van der Waals surface area contributed by atoms with Gasteiger partial charge in [0.25, 0.3) is 0 Å². The van der Waals surface area contributed by atoms with Gasteiger partial charge in [-0.2, -0.15) is 0 Å². The number of H-pyrrole nitrogens is 2. The van der Waals surface area contributed by atoms with Crippen LogP contribution in [0.25, 0.3) is 22.3 Å². The number of carbonyl (C=O) groups excluding carboxylic acids is 2. The van der Waals surface area contributed by atoms with Crippen LogP contribution in [0.3, 0.4) is 0 Å². The molecule has 1 fully saturated rings. The zero-order valence-electron chi connectivity index (χ0n) is 26.8. The minimum Gasteiger partial charge on any atom is -0.349 e. The van der Waals surface area contributed by atoms with E-state index in [1.54, 1.807) is 6.20 Å². The molecule has 3 unspecified atom stereocenters. The maximum Gasteiger partial charge on any atom is 0.226 e. The lowest BCUT2D eigenvalue weighted by Crippen LogP contribution is -2.47. The van der Waals surface area contributed by atoms with Crippen LogP contribution in [0, 0.1) is 29.6 Å². The van der Waals surface area contributed by atoms with Crippen LogP contribution in [0.5, 0.6) is 0 Å². The van der Waals surface area contributed by atoms with Gasteiger partial charge in [-0.25, -0.2) is 9.97 Å². The summed E-state index contributed by atoms with van der Waals surface area (Å²) < 4.78 is 0. The number of aromatic nitrogens is 4. The minimum atomic E-state index is -0.803. The molecule has 1 saturated heterocycles. The molecule has 4 aromatic rings. The molecule has 2 amide bonds. The fourth-order valence-corrected chi connectivity index (χ4v) is 5.82. The summed E-state index contributed by atoms with van der Waals surface area (Å²) in [4.78, 5) is 42.8. The van der Waals surface area contributed by atoms with Gasteiger partial charge in [0.1, 0.15) is 16.5 Å². The van der Waals surface area contributed by atoms with E-state index in [9.17, 15) is 9.59 Å². The van der Waals surface area contributed by atoms with E-state index in [2.05, 4.69) is 42.4 Å². The van der Waals surface area contributed by atoms with E-state index in [4.69, 9.17) is 17.6 Å². The van der Waals surface area contributed by atoms with Crippen molar-refractivity contribution in [2.75, 3.05) is 6.54 Å². The van der Waals surface area contributed by atoms with E-state index >= 15 is 0 Å². The first-order valence-electron chi connectivity index (χ1n) is 15.5. The summed E-state index contributed by atoms with van der Waals surface area (Å²) in [5.41, 5.74) is 5.28. The first-order valence-corrected chi connectivity index (χ1v) is 16.5. The predicted octanol–water partition coefficient (Wildman–Crippen LogP) is 5.97. The Labute approximate surface area is 274 Å². The SMILES string of the molecule is CC(C)C(C)C(=O)NCc1ncc(-c2ccc(C#Cc3ccc4nc(C5(S)CCCN5C(=O)C(C)([Si])C(C)C)[nH]c4c3)cc2)[nH]1. The number of nitrogens with zero attached hydrogens (tertiary/aromatic N) is 3. The van der Waals surface area contributed by atoms with Crippen molar-refractivity contribution in [3.05, 3.63) is 71.4 Å². The van der Waals surface area contributed by atoms with Crippen molar-refractivity contribution >= 4 is 45.7 Å². The zero-order chi connectivity index (χ0) is 32.5. The van der Waals surface area contributed by atoms with E-state index in [-0.39, 0.29) is 29.6 Å². The van der Waals surface area contributed by atoms with E-state index < -0.39 is 9.91 Å². The molecule has 2 aromatic carbocycles. The van der Waals surface area contributed by atoms with Crippen LogP contribution in [0.15, 0.2) is 48.7 Å². The van der Waals surface area contributed by atoms with Gasteiger partial charge in [-0.15, -0.1) is 12.6 Å². The van der Waals surface area contributed by atoms with Gasteiger partial charge in [-0.1, -0.05) is 65.5 Å². The molecule has 1 aliphatic heterocycles. The van der Waals surface area contributed by atoms with Gasteiger partial charge in [-0.05, 0) is 60.6 Å². The number of amides is 2. The second kappa shape index (κ2) is 12.9. The maximum atomic E-state index is 13.5. The standard InChI is InChI=1S/C35H41N6O2SSi/c1-21(2)23(5)31(42)37-20-30-36-19-29(38-30)26-13-10-24(11-14-26)8-9-25-12-15-27-28(18-25)40-32(39-27)35(44)16-7-17-41(35)33(43)34(6,45)22(3)4/h10-15,18-19,21-23,44H,7,16-17,20H2,1-6H3,(H,36,38)(H,37,42)(H,39,40). The fraction of sp³-hybridized carbons (Fsp3) is 0.429. The predicted molar refractivity (Wildman–Crippen MR) is 183 cm³/mol. The number of thiol groups is 1. The molecular formula is C35H41N6O2SSi. The van der Waals surface area contributed by atoms with Crippen LogP contribution < -0.4 is 5.32 Å². The van der Waals surface area contributed by atoms with Gasteiger partial charge in [0.2, 0.25) is 11.8 Å². The van der Waals surface area contributed by atoms with Crippen molar-refractivity contribution in [1.29, 1.82) is 0 Å². The van der Waals surface area contributed by atoms with Crippen LogP contribution in [0.2, 0.25) is 5.04 Å². The highest BCUT2D eigenvalue weighted by atomic mass is 32.1. The maximum absolute atomic E-state index is 13.5. The largest absolute Gasteiger partial charge is 0.349 e. The summed E-state index contributed by atoms with van der Waals surface area (Å²) in [5, 5.41) is 2.27. The molecule has 3 heterocycles. The molecule has 10 heteroatoms. The summed E-state index contributed by atoms with van der Waals surface area (Å²) in [5.74, 6) is 8.30. The molecule has 233 valence electrons. The van der Waals surface area contributed by atoms with Crippen molar-refractivity contribution < 1.29 is 9.59 Å². The Balaban J connectivity index is 1.27. The van der Waals surface area contributed by atoms with Crippen LogP contribution in [-0.2, 0) is 21.0 Å². The number of nitrogens with one attached hydrogen (secondary N) is 3. The molecule has 1 aliphatic rings. The number of benzene rings is 2. The lowest BCUT2D eigenvalue weighted by molar-refractivity contribution is -0.137. The van der Waals surface area contributed by atoms with Crippen LogP contribution in [0.4, 0.5) is 0 Å². The Kier molecular flexibility index (Phi) is 9.33. The molecule has 3 N–H and O–H groups in total. The highest BCUT2D eigenvalue weighted by Crippen LogP contribution is 2.46. The molecule has 3 radical (unpaired) electrons. The monoisotopic (exact) mass is 637 g/mol. The number of aromatic amines is 2. The molecular weight excluding hydrogens is 597 g/mol. The topological polar surface area (TPSA) is 107 Å². The Morgan fingerprint density at radius 2 is 1.78 bits per heavy atom. The van der Waals surface area contributed by atoms with Gasteiger partial charge in [0, 0.05) is 38.9 Å². The van der Waals surface area contributed by atoms with Gasteiger partial charge in [0.15, 0.2) is 0 Å². The second-order valence-corrected chi connectivity index (χ2v) is 14.7. The van der Waals surface area contributed by atoms with Crippen molar-refractivity contribution in [3.63, 3.8) is 0 Å². The molecule has 45 heavy (non-hydrogen) atoms. The third kappa shape index (κ3) is 6.75. The number of carbonyl (C=O) groups is 2. The Hall–Kier alpha value is -3.81. The first-order chi connectivity index (χ1) is 21.3. The second-order valence-electron chi connectivity index (χ2n) is 12.9. The third-order valence-electron chi connectivity index (χ3n) is 9.08. The molecule has 3 atom stereocenters. The third-order valence-corrected chi connectivity index (χ3v) is 10.5. The lowest BCUT2D eigenvalue weighted by atomic mass is 9.94. The van der Waals surface area contributed by atoms with Crippen molar-refractivity contribution in [1.82, 2.24) is 30.2 Å². The van der Waals surface area contributed by atoms with Crippen LogP contribution in [0.1, 0.15) is 77.2 Å². The van der Waals surface area contributed by atoms with Gasteiger partial charge < -0.3 is 20.2 Å². The zero-order valence-corrected chi connectivity index (χ0v) is 28.7. The summed E-state index contributed by atoms with van der Waals surface area (Å²) in [6, 6.07) is 13.9. The van der Waals surface area contributed by atoms with Crippen LogP contribution >= 0.6 is 12.6 Å². The van der Waals surface area contributed by atoms with Gasteiger partial charge in [-0.3, -0.25) is 9.59 Å². The quantitative estimate of drug-likeness (QED) is 0.109. The van der Waals surface area contributed by atoms with Crippen molar-refractivity contribution in [2.24, 2.45) is 17.8 Å². The van der Waals surface area contributed by atoms with Gasteiger partial charge >= 0.3 is 0 Å².